The van der Waals surface area contributed by atoms with Crippen LogP contribution in [0.3, 0.4) is 0 Å². The Labute approximate surface area is 125 Å². The van der Waals surface area contributed by atoms with Crippen LogP contribution in [0.15, 0.2) is 30.3 Å². The molecule has 4 heteroatoms. The van der Waals surface area contributed by atoms with Crippen molar-refractivity contribution in [3.63, 3.8) is 0 Å². The van der Waals surface area contributed by atoms with Crippen LogP contribution in [-0.2, 0) is 11.2 Å². The van der Waals surface area contributed by atoms with Crippen LogP contribution < -0.4 is 11.1 Å². The van der Waals surface area contributed by atoms with Gasteiger partial charge in [0.05, 0.1) is 10.9 Å². The highest BCUT2D eigenvalue weighted by molar-refractivity contribution is 7.80. The minimum atomic E-state index is -0.420. The van der Waals surface area contributed by atoms with Gasteiger partial charge in [-0.25, -0.2) is 0 Å². The van der Waals surface area contributed by atoms with E-state index in [-0.39, 0.29) is 16.3 Å². The number of benzene rings is 1. The fourth-order valence-electron chi connectivity index (χ4n) is 2.55. The summed E-state index contributed by atoms with van der Waals surface area (Å²) in [5.74, 6) is -0.467. The molecule has 1 amide bonds. The number of hydrogen-bond acceptors (Lipinski definition) is 2. The fraction of sp³-hybridized carbons (Fsp3) is 0.500. The number of nitrogens with one attached hydrogen (secondary N) is 1. The van der Waals surface area contributed by atoms with Crippen LogP contribution >= 0.6 is 12.2 Å². The topological polar surface area (TPSA) is 55.1 Å². The second-order valence-electron chi connectivity index (χ2n) is 6.03. The van der Waals surface area contributed by atoms with E-state index in [0.717, 1.165) is 12.1 Å². The molecule has 0 bridgehead atoms. The summed E-state index contributed by atoms with van der Waals surface area (Å²) in [5.41, 5.74) is 7.09. The zero-order valence-electron chi connectivity index (χ0n) is 11.9. The first-order valence-corrected chi connectivity index (χ1v) is 7.52. The average molecular weight is 290 g/mol. The predicted octanol–water partition coefficient (Wildman–Crippen LogP) is 2.44. The molecule has 0 aromatic heterocycles. The van der Waals surface area contributed by atoms with Crippen LogP contribution in [0.2, 0.25) is 0 Å². The number of amides is 1. The van der Waals surface area contributed by atoms with E-state index in [0.29, 0.717) is 6.42 Å². The first-order valence-electron chi connectivity index (χ1n) is 7.11. The summed E-state index contributed by atoms with van der Waals surface area (Å²) in [7, 11) is 0. The second kappa shape index (κ2) is 6.35. The number of hydrogen-bond donors (Lipinski definition) is 2. The molecule has 1 atom stereocenters. The van der Waals surface area contributed by atoms with Gasteiger partial charge in [-0.1, -0.05) is 55.9 Å². The molecular formula is C16H22N2OS. The Balaban J connectivity index is 1.94. The van der Waals surface area contributed by atoms with Gasteiger partial charge in [-0.15, -0.1) is 0 Å². The van der Waals surface area contributed by atoms with E-state index in [1.807, 2.05) is 30.3 Å². The third-order valence-electron chi connectivity index (χ3n) is 4.19. The zero-order chi connectivity index (χ0) is 14.6. The van der Waals surface area contributed by atoms with Crippen molar-refractivity contribution in [1.29, 1.82) is 0 Å². The molecule has 108 valence electrons. The molecular weight excluding hydrogens is 268 g/mol. The molecule has 2 rings (SSSR count). The molecule has 0 spiro atoms. The van der Waals surface area contributed by atoms with Gasteiger partial charge >= 0.3 is 0 Å². The molecule has 0 saturated heterocycles. The summed E-state index contributed by atoms with van der Waals surface area (Å²) < 4.78 is 0. The molecule has 0 aliphatic heterocycles. The largest absolute Gasteiger partial charge is 0.393 e. The third-order valence-corrected chi connectivity index (χ3v) is 4.48. The van der Waals surface area contributed by atoms with Gasteiger partial charge < -0.3 is 11.1 Å². The average Bonchev–Trinajstić information content (AvgIpc) is 2.41. The standard InChI is InChI=1S/C16H22N2OS/c1-16(8-5-9-16)11-18-15(19)13(14(17)20)10-12-6-3-2-4-7-12/h2-4,6-7,13H,5,8-11H2,1H3,(H2,17,20)(H,18,19). The summed E-state index contributed by atoms with van der Waals surface area (Å²) in [5, 5.41) is 3.02. The molecule has 1 aromatic rings. The summed E-state index contributed by atoms with van der Waals surface area (Å²) in [4.78, 5) is 12.6. The minimum absolute atomic E-state index is 0.0468. The first kappa shape index (κ1) is 15.0. The summed E-state index contributed by atoms with van der Waals surface area (Å²) in [6.07, 6.45) is 4.20. The van der Waals surface area contributed by atoms with Gasteiger partial charge in [-0.3, -0.25) is 4.79 Å². The van der Waals surface area contributed by atoms with Gasteiger partial charge in [0, 0.05) is 6.54 Å². The van der Waals surface area contributed by atoms with Gasteiger partial charge in [0.2, 0.25) is 5.91 Å². The van der Waals surface area contributed by atoms with E-state index in [9.17, 15) is 4.79 Å². The maximum atomic E-state index is 12.3. The maximum Gasteiger partial charge on any atom is 0.230 e. The van der Waals surface area contributed by atoms with Gasteiger partial charge in [-0.2, -0.15) is 0 Å². The van der Waals surface area contributed by atoms with Gasteiger partial charge in [0.1, 0.15) is 0 Å². The van der Waals surface area contributed by atoms with Crippen LogP contribution in [0.25, 0.3) is 0 Å². The lowest BCUT2D eigenvalue weighted by Gasteiger charge is -2.38. The smallest absolute Gasteiger partial charge is 0.230 e. The van der Waals surface area contributed by atoms with Crippen LogP contribution in [0, 0.1) is 11.3 Å². The van der Waals surface area contributed by atoms with Gasteiger partial charge in [0.15, 0.2) is 0 Å². The van der Waals surface area contributed by atoms with E-state index >= 15 is 0 Å². The Morgan fingerprint density at radius 2 is 2.05 bits per heavy atom. The molecule has 1 aliphatic rings. The molecule has 1 aromatic carbocycles. The first-order chi connectivity index (χ1) is 9.50. The van der Waals surface area contributed by atoms with Gasteiger partial charge in [-0.05, 0) is 30.2 Å². The Bertz CT molecular complexity index is 483. The van der Waals surface area contributed by atoms with E-state index in [1.165, 1.54) is 19.3 Å². The van der Waals surface area contributed by atoms with Crippen LogP contribution in [0.1, 0.15) is 31.7 Å². The normalized spacial score (nSPS) is 17.9. The highest BCUT2D eigenvalue weighted by atomic mass is 32.1. The van der Waals surface area contributed by atoms with Crippen LogP contribution in [0.5, 0.6) is 0 Å². The number of nitrogens with two attached hydrogens (primary N) is 1. The molecule has 1 saturated carbocycles. The van der Waals surface area contributed by atoms with Crippen molar-refractivity contribution in [3.8, 4) is 0 Å². The Kier molecular flexibility index (Phi) is 4.76. The minimum Gasteiger partial charge on any atom is -0.393 e. The molecule has 1 unspecified atom stereocenters. The molecule has 20 heavy (non-hydrogen) atoms. The number of carbonyl (C=O) groups excluding carboxylic acids is 1. The van der Waals surface area contributed by atoms with Crippen molar-refractivity contribution in [1.82, 2.24) is 5.32 Å². The van der Waals surface area contributed by atoms with Crippen molar-refractivity contribution < 1.29 is 4.79 Å². The second-order valence-corrected chi connectivity index (χ2v) is 6.50. The molecule has 1 aliphatic carbocycles. The molecule has 3 N–H and O–H groups in total. The molecule has 1 fully saturated rings. The number of carbonyl (C=O) groups is 1. The lowest BCUT2D eigenvalue weighted by molar-refractivity contribution is -0.123. The van der Waals surface area contributed by atoms with E-state index < -0.39 is 5.92 Å². The predicted molar refractivity (Wildman–Crippen MR) is 85.4 cm³/mol. The van der Waals surface area contributed by atoms with E-state index in [2.05, 4.69) is 12.2 Å². The van der Waals surface area contributed by atoms with Crippen LogP contribution in [0.4, 0.5) is 0 Å². The van der Waals surface area contributed by atoms with Crippen LogP contribution in [-0.4, -0.2) is 17.4 Å². The lowest BCUT2D eigenvalue weighted by atomic mass is 9.70. The fourth-order valence-corrected chi connectivity index (χ4v) is 2.74. The Morgan fingerprint density at radius 3 is 2.55 bits per heavy atom. The highest BCUT2D eigenvalue weighted by Crippen LogP contribution is 2.39. The highest BCUT2D eigenvalue weighted by Gasteiger charge is 2.33. The van der Waals surface area contributed by atoms with E-state index in [4.69, 9.17) is 18.0 Å². The monoisotopic (exact) mass is 290 g/mol. The van der Waals surface area contributed by atoms with Crippen molar-refractivity contribution >= 4 is 23.1 Å². The summed E-state index contributed by atoms with van der Waals surface area (Å²) >= 11 is 5.06. The van der Waals surface area contributed by atoms with Crippen molar-refractivity contribution in [2.45, 2.75) is 32.6 Å². The van der Waals surface area contributed by atoms with E-state index in [1.54, 1.807) is 0 Å². The molecule has 0 heterocycles. The Morgan fingerprint density at radius 1 is 1.40 bits per heavy atom. The maximum absolute atomic E-state index is 12.3. The zero-order valence-corrected chi connectivity index (χ0v) is 12.7. The quantitative estimate of drug-likeness (QED) is 0.791. The van der Waals surface area contributed by atoms with Crippen molar-refractivity contribution in [2.24, 2.45) is 17.1 Å². The van der Waals surface area contributed by atoms with Crippen molar-refractivity contribution in [2.75, 3.05) is 6.54 Å². The van der Waals surface area contributed by atoms with Gasteiger partial charge in [0.25, 0.3) is 0 Å². The Hall–Kier alpha value is -1.42. The number of thiocarbonyl (C=S) groups is 1. The molecule has 0 radical (unpaired) electrons. The van der Waals surface area contributed by atoms with Crippen molar-refractivity contribution in [3.05, 3.63) is 35.9 Å². The number of rotatable bonds is 6. The lowest BCUT2D eigenvalue weighted by Crippen LogP contribution is -2.45. The summed E-state index contributed by atoms with van der Waals surface area (Å²) in [6, 6.07) is 9.85. The third kappa shape index (κ3) is 3.79. The molecule has 3 nitrogen and oxygen atoms in total. The summed E-state index contributed by atoms with van der Waals surface area (Å²) in [6.45, 7) is 2.93. The SMILES string of the molecule is CC1(CNC(=O)C(Cc2ccccc2)C(N)=S)CCC1.